The fraction of sp³-hybridized carbons (Fsp3) is 0.0455. The molecule has 0 radical (unpaired) electrons. The summed E-state index contributed by atoms with van der Waals surface area (Å²) in [5.41, 5.74) is 0.390. The Balaban J connectivity index is 1.62. The van der Waals surface area contributed by atoms with Crippen LogP contribution in [-0.4, -0.2) is 27.9 Å². The first-order chi connectivity index (χ1) is 16.1. The van der Waals surface area contributed by atoms with E-state index in [1.807, 2.05) is 0 Å². The Labute approximate surface area is 184 Å². The van der Waals surface area contributed by atoms with Crippen LogP contribution < -0.4 is 10.1 Å². The van der Waals surface area contributed by atoms with Crippen LogP contribution in [0.25, 0.3) is 33.9 Å². The van der Waals surface area contributed by atoms with Crippen LogP contribution in [0.15, 0.2) is 74.6 Å². The fourth-order valence-corrected chi connectivity index (χ4v) is 3.42. The maximum absolute atomic E-state index is 13.0. The van der Waals surface area contributed by atoms with Gasteiger partial charge >= 0.3 is 5.69 Å². The van der Waals surface area contributed by atoms with Crippen LogP contribution in [0, 0.1) is 10.1 Å². The Kier molecular flexibility index (Phi) is 4.83. The second-order valence-electron chi connectivity index (χ2n) is 6.76. The van der Waals surface area contributed by atoms with E-state index in [9.17, 15) is 14.9 Å². The predicted molar refractivity (Wildman–Crippen MR) is 115 cm³/mol. The summed E-state index contributed by atoms with van der Waals surface area (Å²) in [4.78, 5) is 32.0. The van der Waals surface area contributed by atoms with E-state index in [1.165, 1.54) is 38.1 Å². The van der Waals surface area contributed by atoms with E-state index in [-0.39, 0.29) is 28.5 Å². The molecule has 5 aromatic rings. The molecule has 11 heteroatoms. The lowest BCUT2D eigenvalue weighted by atomic mass is 10.1. The number of carbonyl (C=O) groups is 1. The minimum Gasteiger partial charge on any atom is -0.490 e. The molecule has 0 aliphatic rings. The van der Waals surface area contributed by atoms with Crippen molar-refractivity contribution in [1.82, 2.24) is 9.97 Å². The van der Waals surface area contributed by atoms with Crippen molar-refractivity contribution < 1.29 is 27.7 Å². The normalized spacial score (nSPS) is 10.9. The monoisotopic (exact) mass is 446 g/mol. The third kappa shape index (κ3) is 3.47. The number of nitrogens with one attached hydrogen (secondary N) is 1. The lowest BCUT2D eigenvalue weighted by Gasteiger charge is -2.07. The number of nitro benzene ring substituents is 1. The number of hydrogen-bond acceptors (Lipinski definition) is 9. The first kappa shape index (κ1) is 20.0. The number of anilines is 1. The molecule has 0 atom stereocenters. The lowest BCUT2D eigenvalue weighted by Crippen LogP contribution is -2.14. The molecular weight excluding hydrogens is 432 g/mol. The number of nitrogens with zero attached hydrogens (tertiary/aromatic N) is 3. The summed E-state index contributed by atoms with van der Waals surface area (Å²) in [7, 11) is 1.31. The summed E-state index contributed by atoms with van der Waals surface area (Å²) in [6, 6.07) is 10.7. The maximum Gasteiger partial charge on any atom is 0.311 e. The molecule has 0 fully saturated rings. The minimum absolute atomic E-state index is 0.0407. The largest absolute Gasteiger partial charge is 0.490 e. The molecule has 164 valence electrons. The Morgan fingerprint density at radius 1 is 1.09 bits per heavy atom. The molecule has 1 aromatic carbocycles. The Bertz CT molecular complexity index is 1470. The fourth-order valence-electron chi connectivity index (χ4n) is 3.42. The molecule has 33 heavy (non-hydrogen) atoms. The second kappa shape index (κ2) is 7.96. The van der Waals surface area contributed by atoms with Gasteiger partial charge in [-0.1, -0.05) is 0 Å². The molecule has 0 bridgehead atoms. The number of benzene rings is 1. The van der Waals surface area contributed by atoms with Gasteiger partial charge in [0.05, 0.1) is 35.5 Å². The number of ether oxygens (including phenoxy) is 1. The summed E-state index contributed by atoms with van der Waals surface area (Å²) in [5.74, 6) is 0.788. The molecular formula is C22H14N4O7. The number of rotatable bonds is 6. The molecule has 1 amide bonds. The molecule has 0 aliphatic heterocycles. The highest BCUT2D eigenvalue weighted by Gasteiger charge is 2.26. The van der Waals surface area contributed by atoms with Crippen molar-refractivity contribution in [3.63, 3.8) is 0 Å². The highest BCUT2D eigenvalue weighted by Crippen LogP contribution is 2.43. The average Bonchev–Trinajstić information content (AvgIpc) is 3.58. The molecule has 1 N–H and O–H groups in total. The van der Waals surface area contributed by atoms with Crippen molar-refractivity contribution in [2.75, 3.05) is 12.4 Å². The van der Waals surface area contributed by atoms with Crippen LogP contribution >= 0.6 is 0 Å². The number of aromatic nitrogens is 2. The van der Waals surface area contributed by atoms with Crippen molar-refractivity contribution in [2.45, 2.75) is 0 Å². The first-order valence-electron chi connectivity index (χ1n) is 9.56. The molecule has 4 heterocycles. The van der Waals surface area contributed by atoms with Gasteiger partial charge in [-0.2, -0.15) is 0 Å². The van der Waals surface area contributed by atoms with Gasteiger partial charge in [-0.15, -0.1) is 0 Å². The summed E-state index contributed by atoms with van der Waals surface area (Å²) in [6.07, 6.45) is 4.23. The van der Waals surface area contributed by atoms with Crippen molar-refractivity contribution >= 4 is 28.5 Å². The predicted octanol–water partition coefficient (Wildman–Crippen LogP) is 4.91. The molecule has 0 saturated heterocycles. The van der Waals surface area contributed by atoms with Gasteiger partial charge in [0.15, 0.2) is 17.3 Å². The topological polar surface area (TPSA) is 147 Å². The van der Waals surface area contributed by atoms with Gasteiger partial charge in [0.1, 0.15) is 17.9 Å². The Morgan fingerprint density at radius 3 is 2.52 bits per heavy atom. The van der Waals surface area contributed by atoms with Crippen LogP contribution in [0.1, 0.15) is 10.4 Å². The number of methoxy groups -OCH3 is 1. The third-order valence-corrected chi connectivity index (χ3v) is 4.87. The summed E-state index contributed by atoms with van der Waals surface area (Å²) in [6.45, 7) is 0. The molecule has 11 nitrogen and oxygen atoms in total. The number of furan rings is 3. The highest BCUT2D eigenvalue weighted by molar-refractivity contribution is 6.12. The molecule has 5 rings (SSSR count). The van der Waals surface area contributed by atoms with Crippen LogP contribution in [-0.2, 0) is 0 Å². The van der Waals surface area contributed by atoms with Gasteiger partial charge in [-0.25, -0.2) is 9.97 Å². The molecule has 4 aromatic heterocycles. The van der Waals surface area contributed by atoms with E-state index in [1.54, 1.807) is 24.3 Å². The van der Waals surface area contributed by atoms with Crippen LogP contribution in [0.4, 0.5) is 11.5 Å². The van der Waals surface area contributed by atoms with Gasteiger partial charge in [0, 0.05) is 11.6 Å². The zero-order valence-electron chi connectivity index (χ0n) is 17.0. The summed E-state index contributed by atoms with van der Waals surface area (Å²) < 4.78 is 22.0. The number of amides is 1. The van der Waals surface area contributed by atoms with Crippen LogP contribution in [0.5, 0.6) is 5.75 Å². The SMILES string of the molecule is COc1ccc(C(=O)Nc2ncnc3oc(-c4ccco4)c(-c4ccco4)c23)cc1[N+](=O)[O-]. The Morgan fingerprint density at radius 2 is 1.85 bits per heavy atom. The van der Waals surface area contributed by atoms with Crippen molar-refractivity contribution in [2.24, 2.45) is 0 Å². The van der Waals surface area contributed by atoms with Gasteiger partial charge in [0.2, 0.25) is 5.71 Å². The van der Waals surface area contributed by atoms with E-state index in [4.69, 9.17) is 18.0 Å². The zero-order valence-corrected chi connectivity index (χ0v) is 17.0. The Hall–Kier alpha value is -4.93. The average molecular weight is 446 g/mol. The number of fused-ring (bicyclic) bond motifs is 1. The van der Waals surface area contributed by atoms with Crippen LogP contribution in [0.2, 0.25) is 0 Å². The standard InChI is InChI=1S/C22H14N4O7/c1-30-14-7-6-12(10-13(14)26(28)29)21(27)25-20-18-17(15-4-2-8-31-15)19(16-5-3-9-32-16)33-22(18)24-11-23-20/h2-11H,1H3,(H,23,24,25,27). The van der Waals surface area contributed by atoms with Gasteiger partial charge in [-0.3, -0.25) is 14.9 Å². The van der Waals surface area contributed by atoms with Gasteiger partial charge in [-0.05, 0) is 36.4 Å². The quantitative estimate of drug-likeness (QED) is 0.284. The van der Waals surface area contributed by atoms with E-state index in [2.05, 4.69) is 15.3 Å². The summed E-state index contributed by atoms with van der Waals surface area (Å²) >= 11 is 0. The highest BCUT2D eigenvalue weighted by atomic mass is 16.6. The number of hydrogen-bond donors (Lipinski definition) is 1. The molecule has 0 aliphatic carbocycles. The van der Waals surface area contributed by atoms with Crippen LogP contribution in [0.3, 0.4) is 0 Å². The van der Waals surface area contributed by atoms with E-state index in [0.717, 1.165) is 6.07 Å². The van der Waals surface area contributed by atoms with E-state index in [0.29, 0.717) is 28.2 Å². The zero-order chi connectivity index (χ0) is 22.9. The minimum atomic E-state index is -0.626. The van der Waals surface area contributed by atoms with Crippen molar-refractivity contribution in [3.05, 3.63) is 77.0 Å². The lowest BCUT2D eigenvalue weighted by molar-refractivity contribution is -0.385. The van der Waals surface area contributed by atoms with Gasteiger partial charge < -0.3 is 23.3 Å². The van der Waals surface area contributed by atoms with E-state index >= 15 is 0 Å². The summed E-state index contributed by atoms with van der Waals surface area (Å²) in [5, 5.41) is 14.4. The van der Waals surface area contributed by atoms with Crippen molar-refractivity contribution in [1.29, 1.82) is 0 Å². The van der Waals surface area contributed by atoms with Gasteiger partial charge in [0.25, 0.3) is 5.91 Å². The smallest absolute Gasteiger partial charge is 0.311 e. The first-order valence-corrected chi connectivity index (χ1v) is 9.56. The number of carbonyl (C=O) groups excluding carboxylic acids is 1. The molecule has 0 saturated carbocycles. The third-order valence-electron chi connectivity index (χ3n) is 4.87. The number of nitro groups is 1. The van der Waals surface area contributed by atoms with Crippen molar-refractivity contribution in [3.8, 4) is 28.6 Å². The van der Waals surface area contributed by atoms with E-state index < -0.39 is 10.8 Å². The molecule has 0 unspecified atom stereocenters. The second-order valence-corrected chi connectivity index (χ2v) is 6.76. The molecule has 0 spiro atoms. The maximum atomic E-state index is 13.0.